The Kier molecular flexibility index (Phi) is 9.50. The summed E-state index contributed by atoms with van der Waals surface area (Å²) < 4.78 is 36.2. The molecule has 2 rings (SSSR count). The van der Waals surface area contributed by atoms with Crippen molar-refractivity contribution in [2.24, 2.45) is 10.1 Å². The van der Waals surface area contributed by atoms with E-state index in [2.05, 4.69) is 15.6 Å². The van der Waals surface area contributed by atoms with E-state index in [1.807, 2.05) is 26.8 Å². The van der Waals surface area contributed by atoms with Crippen LogP contribution in [0, 0.1) is 5.82 Å². The summed E-state index contributed by atoms with van der Waals surface area (Å²) in [6.45, 7) is 7.66. The molecule has 0 aromatic heterocycles. The zero-order valence-corrected chi connectivity index (χ0v) is 19.9. The fourth-order valence-electron chi connectivity index (χ4n) is 2.61. The van der Waals surface area contributed by atoms with Gasteiger partial charge in [0.1, 0.15) is 5.82 Å². The average Bonchev–Trinajstić information content (AvgIpc) is 2.63. The molecule has 9 heteroatoms. The van der Waals surface area contributed by atoms with Gasteiger partial charge in [-0.1, -0.05) is 38.1 Å². The van der Waals surface area contributed by atoms with Gasteiger partial charge in [0.05, 0.1) is 11.4 Å². The highest BCUT2D eigenvalue weighted by Gasteiger charge is 2.21. The molecule has 0 saturated carbocycles. The maximum Gasteiger partial charge on any atom is 0.238 e. The Morgan fingerprint density at radius 2 is 1.79 bits per heavy atom. The third-order valence-corrected chi connectivity index (χ3v) is 5.25. The minimum absolute atomic E-state index is 0. The first-order chi connectivity index (χ1) is 13.1. The monoisotopic (exact) mass is 534 g/mol. The molecule has 0 aliphatic heterocycles. The van der Waals surface area contributed by atoms with Crippen molar-refractivity contribution < 1.29 is 12.8 Å². The number of aliphatic imine (C=N–C) groups is 1. The van der Waals surface area contributed by atoms with Crippen LogP contribution in [0.1, 0.15) is 31.9 Å². The van der Waals surface area contributed by atoms with Crippen molar-refractivity contribution in [2.75, 3.05) is 13.1 Å². The van der Waals surface area contributed by atoms with Crippen LogP contribution in [0.3, 0.4) is 0 Å². The van der Waals surface area contributed by atoms with Crippen molar-refractivity contribution in [1.29, 1.82) is 0 Å². The predicted octanol–water partition coefficient (Wildman–Crippen LogP) is 3.12. The van der Waals surface area contributed by atoms with Gasteiger partial charge >= 0.3 is 0 Å². The second-order valence-electron chi connectivity index (χ2n) is 7.13. The summed E-state index contributed by atoms with van der Waals surface area (Å²) in [5.74, 6) is 0.372. The second kappa shape index (κ2) is 10.9. The van der Waals surface area contributed by atoms with Crippen molar-refractivity contribution in [3.8, 4) is 0 Å². The van der Waals surface area contributed by atoms with Gasteiger partial charge in [-0.2, -0.15) is 0 Å². The third-order valence-electron chi connectivity index (χ3n) is 4.32. The van der Waals surface area contributed by atoms with Crippen molar-refractivity contribution in [3.05, 3.63) is 65.5 Å². The summed E-state index contributed by atoms with van der Waals surface area (Å²) in [4.78, 5) is 4.60. The van der Waals surface area contributed by atoms with Gasteiger partial charge in [-0.25, -0.2) is 22.9 Å². The minimum atomic E-state index is -3.70. The molecule has 2 aromatic rings. The average molecular weight is 534 g/mol. The predicted molar refractivity (Wildman–Crippen MR) is 125 cm³/mol. The Hall–Kier alpha value is -1.72. The molecule has 29 heavy (non-hydrogen) atoms. The Bertz CT molecular complexity index is 932. The number of halogens is 2. The summed E-state index contributed by atoms with van der Waals surface area (Å²) in [7, 11) is -3.70. The zero-order chi connectivity index (χ0) is 20.8. The maximum absolute atomic E-state index is 13.5. The molecule has 2 aromatic carbocycles. The standard InChI is InChI=1S/C20H27FN4O2S.HI/c1-4-23-19(24-13-15-8-10-18(11-9-15)28(22,26)27)25-14-20(2,3)16-6-5-7-17(21)12-16;/h5-12H,4,13-14H2,1-3H3,(H2,22,26,27)(H2,23,24,25);1H. The van der Waals surface area contributed by atoms with Crippen molar-refractivity contribution in [2.45, 2.75) is 37.6 Å². The fourth-order valence-corrected chi connectivity index (χ4v) is 3.13. The maximum atomic E-state index is 13.5. The lowest BCUT2D eigenvalue weighted by atomic mass is 9.84. The molecule has 4 N–H and O–H groups in total. The topological polar surface area (TPSA) is 96.6 Å². The van der Waals surface area contributed by atoms with Gasteiger partial charge in [-0.15, -0.1) is 24.0 Å². The third kappa shape index (κ3) is 7.90. The van der Waals surface area contributed by atoms with Gasteiger partial charge in [0.2, 0.25) is 10.0 Å². The normalized spacial score (nSPS) is 12.2. The second-order valence-corrected chi connectivity index (χ2v) is 8.69. The molecular formula is C20H28FIN4O2S. The van der Waals surface area contributed by atoms with Crippen LogP contribution < -0.4 is 15.8 Å². The Morgan fingerprint density at radius 1 is 1.14 bits per heavy atom. The van der Waals surface area contributed by atoms with Crippen LogP contribution in [0.2, 0.25) is 0 Å². The van der Waals surface area contributed by atoms with E-state index < -0.39 is 10.0 Å². The quantitative estimate of drug-likeness (QED) is 0.289. The van der Waals surface area contributed by atoms with E-state index in [4.69, 9.17) is 5.14 Å². The molecular weight excluding hydrogens is 506 g/mol. The van der Waals surface area contributed by atoms with E-state index in [1.165, 1.54) is 18.2 Å². The first kappa shape index (κ1) is 25.3. The van der Waals surface area contributed by atoms with Crippen LogP contribution in [0.25, 0.3) is 0 Å². The highest BCUT2D eigenvalue weighted by Crippen LogP contribution is 2.22. The molecule has 6 nitrogen and oxygen atoms in total. The molecule has 0 unspecified atom stereocenters. The molecule has 160 valence electrons. The van der Waals surface area contributed by atoms with Crippen LogP contribution in [-0.2, 0) is 22.0 Å². The van der Waals surface area contributed by atoms with Gasteiger partial charge in [-0.05, 0) is 42.3 Å². The molecule has 0 saturated heterocycles. The number of sulfonamides is 1. The Labute approximate surface area is 189 Å². The summed E-state index contributed by atoms with van der Waals surface area (Å²) >= 11 is 0. The van der Waals surface area contributed by atoms with E-state index in [9.17, 15) is 12.8 Å². The summed E-state index contributed by atoms with van der Waals surface area (Å²) in [5, 5.41) is 11.6. The van der Waals surface area contributed by atoms with Crippen molar-refractivity contribution >= 4 is 40.0 Å². The summed E-state index contributed by atoms with van der Waals surface area (Å²) in [5.41, 5.74) is 1.46. The molecule has 0 aliphatic carbocycles. The SMILES string of the molecule is CCNC(=NCc1ccc(S(N)(=O)=O)cc1)NCC(C)(C)c1cccc(F)c1.I. The highest BCUT2D eigenvalue weighted by atomic mass is 127. The minimum Gasteiger partial charge on any atom is -0.357 e. The molecule has 0 bridgehead atoms. The van der Waals surface area contributed by atoms with E-state index in [-0.39, 0.29) is 40.1 Å². The van der Waals surface area contributed by atoms with Crippen molar-refractivity contribution in [1.82, 2.24) is 10.6 Å². The van der Waals surface area contributed by atoms with Crippen LogP contribution in [0.15, 0.2) is 58.4 Å². The lowest BCUT2D eigenvalue weighted by Crippen LogP contribution is -2.43. The molecule has 0 radical (unpaired) electrons. The first-order valence-electron chi connectivity index (χ1n) is 9.02. The number of guanidine groups is 1. The van der Waals surface area contributed by atoms with Crippen LogP contribution in [0.5, 0.6) is 0 Å². The van der Waals surface area contributed by atoms with E-state index >= 15 is 0 Å². The Morgan fingerprint density at radius 3 is 2.34 bits per heavy atom. The number of hydrogen-bond acceptors (Lipinski definition) is 3. The molecule has 0 fully saturated rings. The molecule has 0 heterocycles. The van der Waals surface area contributed by atoms with Gasteiger partial charge < -0.3 is 10.6 Å². The van der Waals surface area contributed by atoms with Crippen LogP contribution in [-0.4, -0.2) is 27.5 Å². The number of rotatable bonds is 7. The number of nitrogens with two attached hydrogens (primary N) is 1. The number of primary sulfonamides is 1. The lowest BCUT2D eigenvalue weighted by Gasteiger charge is -2.27. The van der Waals surface area contributed by atoms with E-state index in [0.29, 0.717) is 25.6 Å². The lowest BCUT2D eigenvalue weighted by molar-refractivity contribution is 0.503. The molecule has 0 aliphatic rings. The first-order valence-corrected chi connectivity index (χ1v) is 10.6. The number of hydrogen-bond donors (Lipinski definition) is 3. The number of nitrogens with zero attached hydrogens (tertiary/aromatic N) is 1. The zero-order valence-electron chi connectivity index (χ0n) is 16.8. The van der Waals surface area contributed by atoms with Gasteiger partial charge in [0, 0.05) is 18.5 Å². The van der Waals surface area contributed by atoms with E-state index in [0.717, 1.165) is 11.1 Å². The van der Waals surface area contributed by atoms with Crippen molar-refractivity contribution in [3.63, 3.8) is 0 Å². The summed E-state index contributed by atoms with van der Waals surface area (Å²) in [6, 6.07) is 12.9. The molecule has 0 amide bonds. The van der Waals surface area contributed by atoms with Gasteiger partial charge in [0.25, 0.3) is 0 Å². The van der Waals surface area contributed by atoms with E-state index in [1.54, 1.807) is 24.3 Å². The molecule has 0 atom stereocenters. The van der Waals surface area contributed by atoms with Gasteiger partial charge in [-0.3, -0.25) is 0 Å². The van der Waals surface area contributed by atoms with Crippen LogP contribution >= 0.6 is 24.0 Å². The van der Waals surface area contributed by atoms with Gasteiger partial charge in [0.15, 0.2) is 5.96 Å². The Balaban J connectivity index is 0.00000420. The number of benzene rings is 2. The fraction of sp³-hybridized carbons (Fsp3) is 0.350. The number of nitrogens with one attached hydrogen (secondary N) is 2. The largest absolute Gasteiger partial charge is 0.357 e. The molecule has 0 spiro atoms. The van der Waals surface area contributed by atoms with Crippen LogP contribution in [0.4, 0.5) is 4.39 Å². The summed E-state index contributed by atoms with van der Waals surface area (Å²) in [6.07, 6.45) is 0. The smallest absolute Gasteiger partial charge is 0.238 e. The highest BCUT2D eigenvalue weighted by molar-refractivity contribution is 14.0.